The molecular weight excluding hydrogens is 410 g/mol. The lowest BCUT2D eigenvalue weighted by atomic mass is 9.92. The van der Waals surface area contributed by atoms with Gasteiger partial charge >= 0.3 is 0 Å². The maximum absolute atomic E-state index is 13.0. The number of nitrogens with zero attached hydrogens (tertiary/aromatic N) is 3. The fraction of sp³-hybridized carbons (Fsp3) is 0.464. The lowest BCUT2D eigenvalue weighted by Crippen LogP contribution is -2.57. The van der Waals surface area contributed by atoms with Crippen LogP contribution in [0, 0.1) is 5.92 Å². The molecule has 1 N–H and O–H groups in total. The van der Waals surface area contributed by atoms with Crippen LogP contribution in [0.5, 0.6) is 5.75 Å². The third-order valence-electron chi connectivity index (χ3n) is 7.23. The number of piperazine rings is 1. The van der Waals surface area contributed by atoms with E-state index in [-0.39, 0.29) is 17.7 Å². The first-order valence-corrected chi connectivity index (χ1v) is 12.2. The zero-order valence-corrected chi connectivity index (χ0v) is 20.2. The average molecular weight is 448 g/mol. The fourth-order valence-corrected chi connectivity index (χ4v) is 5.39. The summed E-state index contributed by atoms with van der Waals surface area (Å²) in [4.78, 5) is 19.9. The molecule has 2 aliphatic rings. The highest BCUT2D eigenvalue weighted by atomic mass is 16.3. The molecule has 2 heterocycles. The molecule has 2 aliphatic heterocycles. The quantitative estimate of drug-likeness (QED) is 0.661. The molecule has 0 aliphatic carbocycles. The van der Waals surface area contributed by atoms with Crippen molar-refractivity contribution >= 4 is 5.91 Å². The Kier molecular flexibility index (Phi) is 7.20. The molecule has 4 rings (SSSR count). The number of benzene rings is 2. The zero-order chi connectivity index (χ0) is 23.5. The first-order chi connectivity index (χ1) is 15.9. The van der Waals surface area contributed by atoms with Gasteiger partial charge in [0.2, 0.25) is 0 Å². The Morgan fingerprint density at radius 1 is 1.06 bits per heavy atom. The second-order valence-electron chi connectivity index (χ2n) is 9.90. The van der Waals surface area contributed by atoms with Crippen LogP contribution in [0.15, 0.2) is 61.2 Å². The minimum Gasteiger partial charge on any atom is -0.508 e. The van der Waals surface area contributed by atoms with Crippen LogP contribution in [0.25, 0.3) is 0 Å². The first-order valence-electron chi connectivity index (χ1n) is 12.2. The van der Waals surface area contributed by atoms with Crippen LogP contribution in [-0.2, 0) is 0 Å². The van der Waals surface area contributed by atoms with E-state index in [0.29, 0.717) is 18.0 Å². The van der Waals surface area contributed by atoms with Crippen molar-refractivity contribution in [1.82, 2.24) is 14.7 Å². The summed E-state index contributed by atoms with van der Waals surface area (Å²) in [5, 5.41) is 10.2. The normalized spacial score (nSPS) is 25.2. The minimum atomic E-state index is 0.0105. The van der Waals surface area contributed by atoms with Gasteiger partial charge in [-0.3, -0.25) is 14.6 Å². The van der Waals surface area contributed by atoms with E-state index in [4.69, 9.17) is 0 Å². The summed E-state index contributed by atoms with van der Waals surface area (Å²) in [5.41, 5.74) is 2.96. The highest BCUT2D eigenvalue weighted by molar-refractivity contribution is 5.94. The van der Waals surface area contributed by atoms with E-state index >= 15 is 0 Å². The van der Waals surface area contributed by atoms with Crippen molar-refractivity contribution in [2.45, 2.75) is 45.3 Å². The molecule has 2 aromatic carbocycles. The average Bonchev–Trinajstić information content (AvgIpc) is 3.23. The van der Waals surface area contributed by atoms with Crippen LogP contribution in [0.2, 0.25) is 0 Å². The number of hydrogen-bond donors (Lipinski definition) is 1. The number of carbonyl (C=O) groups is 1. The van der Waals surface area contributed by atoms with Crippen LogP contribution in [0.4, 0.5) is 0 Å². The van der Waals surface area contributed by atoms with Gasteiger partial charge in [0.15, 0.2) is 0 Å². The van der Waals surface area contributed by atoms with E-state index in [1.807, 2.05) is 35.2 Å². The number of likely N-dealkylation sites (tertiary alicyclic amines) is 1. The van der Waals surface area contributed by atoms with Gasteiger partial charge in [-0.15, -0.1) is 6.58 Å². The van der Waals surface area contributed by atoms with E-state index in [0.717, 1.165) is 55.8 Å². The Bertz CT molecular complexity index is 973. The monoisotopic (exact) mass is 447 g/mol. The van der Waals surface area contributed by atoms with Crippen molar-refractivity contribution in [3.8, 4) is 5.75 Å². The van der Waals surface area contributed by atoms with Gasteiger partial charge in [0.05, 0.1) is 6.04 Å². The number of phenolic OH excluding ortho intramolecular Hbond substituents is 1. The van der Waals surface area contributed by atoms with Crippen molar-refractivity contribution in [1.29, 1.82) is 0 Å². The minimum absolute atomic E-state index is 0.0105. The fourth-order valence-electron chi connectivity index (χ4n) is 5.39. The number of carbonyl (C=O) groups excluding carboxylic acids is 1. The highest BCUT2D eigenvalue weighted by Gasteiger charge is 2.34. The Balaban J connectivity index is 1.63. The topological polar surface area (TPSA) is 47.0 Å². The molecule has 4 atom stereocenters. The molecule has 0 saturated carbocycles. The van der Waals surface area contributed by atoms with Crippen molar-refractivity contribution < 1.29 is 9.90 Å². The van der Waals surface area contributed by atoms with Crippen LogP contribution < -0.4 is 0 Å². The molecule has 2 aromatic rings. The number of amides is 1. The number of aromatic hydroxyl groups is 1. The lowest BCUT2D eigenvalue weighted by molar-refractivity contribution is 0.0306. The number of rotatable bonds is 6. The summed E-state index contributed by atoms with van der Waals surface area (Å²) in [7, 11) is 0. The maximum atomic E-state index is 13.0. The van der Waals surface area contributed by atoms with Crippen LogP contribution >= 0.6 is 0 Å². The Morgan fingerprint density at radius 2 is 1.82 bits per heavy atom. The second kappa shape index (κ2) is 10.1. The van der Waals surface area contributed by atoms with Crippen molar-refractivity contribution in [2.24, 2.45) is 5.92 Å². The van der Waals surface area contributed by atoms with Crippen molar-refractivity contribution in [3.05, 3.63) is 77.9 Å². The summed E-state index contributed by atoms with van der Waals surface area (Å²) >= 11 is 0. The van der Waals surface area contributed by atoms with E-state index in [1.165, 1.54) is 0 Å². The Morgan fingerprint density at radius 3 is 2.45 bits per heavy atom. The van der Waals surface area contributed by atoms with E-state index < -0.39 is 0 Å². The van der Waals surface area contributed by atoms with E-state index in [2.05, 4.69) is 55.3 Å². The lowest BCUT2D eigenvalue weighted by Gasteiger charge is -2.47. The van der Waals surface area contributed by atoms with Gasteiger partial charge in [0.25, 0.3) is 5.91 Å². The van der Waals surface area contributed by atoms with Gasteiger partial charge in [0, 0.05) is 50.4 Å². The van der Waals surface area contributed by atoms with Crippen molar-refractivity contribution in [2.75, 3.05) is 32.7 Å². The van der Waals surface area contributed by atoms with Crippen LogP contribution in [-0.4, -0.2) is 70.5 Å². The van der Waals surface area contributed by atoms with Gasteiger partial charge in [-0.25, -0.2) is 0 Å². The summed E-state index contributed by atoms with van der Waals surface area (Å²) in [6, 6.07) is 16.4. The predicted molar refractivity (Wildman–Crippen MR) is 133 cm³/mol. The van der Waals surface area contributed by atoms with Gasteiger partial charge in [-0.1, -0.05) is 37.3 Å². The highest BCUT2D eigenvalue weighted by Crippen LogP contribution is 2.34. The smallest absolute Gasteiger partial charge is 0.253 e. The molecule has 0 radical (unpaired) electrons. The maximum Gasteiger partial charge on any atom is 0.253 e. The zero-order valence-electron chi connectivity index (χ0n) is 20.2. The largest absolute Gasteiger partial charge is 0.508 e. The first kappa shape index (κ1) is 23.5. The number of hydrogen-bond acceptors (Lipinski definition) is 4. The molecule has 0 spiro atoms. The standard InChI is InChI=1S/C28H37N3O2/c1-5-14-29-18-22(4)31(19-21(29)3)27(25-7-6-8-26(32)16-25)23-9-11-24(12-10-23)28(33)30-15-13-20(2)17-30/h5-12,16,20-22,27,32H,1,13-15,17-19H2,2-4H3/t20-,21-,22+,27-/m1/s1. The third-order valence-corrected chi connectivity index (χ3v) is 7.23. The van der Waals surface area contributed by atoms with E-state index in [9.17, 15) is 9.90 Å². The Hall–Kier alpha value is -2.63. The molecule has 2 fully saturated rings. The molecule has 0 bridgehead atoms. The SMILES string of the molecule is C=CCN1C[C@H](C)N([C@H](c2ccc(C(=O)N3CC[C@@H](C)C3)cc2)c2cccc(O)c2)C[C@H]1C. The summed E-state index contributed by atoms with van der Waals surface area (Å²) in [6.45, 7) is 15.1. The molecular formula is C28H37N3O2. The van der Waals surface area contributed by atoms with Gasteiger partial charge < -0.3 is 10.0 Å². The number of phenols is 1. The summed E-state index contributed by atoms with van der Waals surface area (Å²) in [5.74, 6) is 0.977. The summed E-state index contributed by atoms with van der Waals surface area (Å²) < 4.78 is 0. The second-order valence-corrected chi connectivity index (χ2v) is 9.90. The molecule has 2 saturated heterocycles. The van der Waals surface area contributed by atoms with Crippen molar-refractivity contribution in [3.63, 3.8) is 0 Å². The van der Waals surface area contributed by atoms with Crippen LogP contribution in [0.3, 0.4) is 0 Å². The van der Waals surface area contributed by atoms with Crippen LogP contribution in [0.1, 0.15) is 54.7 Å². The summed E-state index contributed by atoms with van der Waals surface area (Å²) in [6.07, 6.45) is 3.06. The molecule has 33 heavy (non-hydrogen) atoms. The molecule has 5 nitrogen and oxygen atoms in total. The van der Waals surface area contributed by atoms with Gasteiger partial charge in [-0.2, -0.15) is 0 Å². The molecule has 1 amide bonds. The predicted octanol–water partition coefficient (Wildman–Crippen LogP) is 4.54. The van der Waals surface area contributed by atoms with E-state index in [1.54, 1.807) is 6.07 Å². The third kappa shape index (κ3) is 5.15. The van der Waals surface area contributed by atoms with Gasteiger partial charge in [0.1, 0.15) is 5.75 Å². The molecule has 0 aromatic heterocycles. The van der Waals surface area contributed by atoms with Gasteiger partial charge in [-0.05, 0) is 61.6 Å². The Labute approximate surface area is 198 Å². The molecule has 5 heteroatoms. The molecule has 176 valence electrons. The molecule has 0 unspecified atom stereocenters.